The van der Waals surface area contributed by atoms with E-state index in [1.165, 1.54) is 7.11 Å². The van der Waals surface area contributed by atoms with Gasteiger partial charge in [-0.25, -0.2) is 9.78 Å². The van der Waals surface area contributed by atoms with Gasteiger partial charge in [0.05, 0.1) is 19.8 Å². The number of hydrogen-bond donors (Lipinski definition) is 1. The Labute approximate surface area is 99.7 Å². The highest BCUT2D eigenvalue weighted by Gasteiger charge is 2.23. The van der Waals surface area contributed by atoms with Gasteiger partial charge in [-0.1, -0.05) is 0 Å². The van der Waals surface area contributed by atoms with Crippen LogP contribution in [0.1, 0.15) is 29.2 Å². The molecule has 1 aliphatic heterocycles. The molecule has 1 saturated heterocycles. The second kappa shape index (κ2) is 4.75. The number of esters is 1. The van der Waals surface area contributed by atoms with Crippen molar-refractivity contribution in [3.05, 3.63) is 11.5 Å². The van der Waals surface area contributed by atoms with E-state index >= 15 is 0 Å². The highest BCUT2D eigenvalue weighted by Crippen LogP contribution is 2.20. The minimum absolute atomic E-state index is 0.163. The lowest BCUT2D eigenvalue weighted by Gasteiger charge is -2.13. The quantitative estimate of drug-likeness (QED) is 0.787. The molecule has 6 nitrogen and oxygen atoms in total. The molecular weight excluding hydrogens is 222 g/mol. The van der Waals surface area contributed by atoms with Crippen LogP contribution in [0.4, 0.5) is 5.82 Å². The van der Waals surface area contributed by atoms with Crippen LogP contribution in [0.2, 0.25) is 0 Å². The maximum Gasteiger partial charge on any atom is 0.360 e. The van der Waals surface area contributed by atoms with E-state index in [1.54, 1.807) is 0 Å². The van der Waals surface area contributed by atoms with Crippen molar-refractivity contribution in [2.75, 3.05) is 19.5 Å². The van der Waals surface area contributed by atoms with Gasteiger partial charge >= 0.3 is 5.97 Å². The van der Waals surface area contributed by atoms with Gasteiger partial charge in [-0.3, -0.25) is 0 Å². The molecule has 2 N–H and O–H groups in total. The van der Waals surface area contributed by atoms with Gasteiger partial charge in [-0.05, 0) is 19.8 Å². The van der Waals surface area contributed by atoms with E-state index in [2.05, 4.69) is 9.72 Å². The molecule has 0 spiro atoms. The molecule has 0 aliphatic carbocycles. The van der Waals surface area contributed by atoms with Gasteiger partial charge < -0.3 is 19.8 Å². The highest BCUT2D eigenvalue weighted by atomic mass is 16.5. The summed E-state index contributed by atoms with van der Waals surface area (Å²) in [6, 6.07) is 0. The van der Waals surface area contributed by atoms with Crippen molar-refractivity contribution >= 4 is 11.8 Å². The van der Waals surface area contributed by atoms with E-state index in [4.69, 9.17) is 10.5 Å². The fraction of sp³-hybridized carbons (Fsp3) is 0.636. The number of carbonyl (C=O) groups is 1. The first-order valence-corrected chi connectivity index (χ1v) is 5.66. The number of nitrogens with two attached hydrogens (primary N) is 1. The van der Waals surface area contributed by atoms with Crippen molar-refractivity contribution in [3.63, 3.8) is 0 Å². The topological polar surface area (TPSA) is 79.4 Å². The molecule has 1 fully saturated rings. The van der Waals surface area contributed by atoms with Crippen LogP contribution in [0.5, 0.6) is 0 Å². The van der Waals surface area contributed by atoms with Gasteiger partial charge in [0.2, 0.25) is 0 Å². The zero-order valence-electron chi connectivity index (χ0n) is 10.1. The summed E-state index contributed by atoms with van der Waals surface area (Å²) in [7, 11) is 1.32. The minimum Gasteiger partial charge on any atom is -0.464 e. The Morgan fingerprint density at radius 3 is 3.06 bits per heavy atom. The Bertz CT molecular complexity index is 422. The number of anilines is 1. The summed E-state index contributed by atoms with van der Waals surface area (Å²) < 4.78 is 12.0. The number of hydrogen-bond acceptors (Lipinski definition) is 5. The fourth-order valence-electron chi connectivity index (χ4n) is 2.05. The summed E-state index contributed by atoms with van der Waals surface area (Å²) in [4.78, 5) is 15.6. The SMILES string of the molecule is COC(=O)c1nc(C)n(CC2CCCO2)c1N. The molecule has 1 aromatic heterocycles. The fourth-order valence-corrected chi connectivity index (χ4v) is 2.05. The molecule has 1 unspecified atom stereocenters. The van der Waals surface area contributed by atoms with Crippen molar-refractivity contribution in [2.45, 2.75) is 32.4 Å². The van der Waals surface area contributed by atoms with Crippen LogP contribution >= 0.6 is 0 Å². The van der Waals surface area contributed by atoms with E-state index in [-0.39, 0.29) is 11.8 Å². The third kappa shape index (κ3) is 2.26. The molecule has 2 rings (SSSR count). The average Bonchev–Trinajstić information content (AvgIpc) is 2.91. The normalized spacial score (nSPS) is 19.5. The summed E-state index contributed by atoms with van der Waals surface area (Å²) in [5.41, 5.74) is 6.09. The summed E-state index contributed by atoms with van der Waals surface area (Å²) >= 11 is 0. The van der Waals surface area contributed by atoms with Crippen molar-refractivity contribution < 1.29 is 14.3 Å². The first-order valence-electron chi connectivity index (χ1n) is 5.66. The van der Waals surface area contributed by atoms with Crippen LogP contribution in [-0.2, 0) is 16.0 Å². The number of imidazole rings is 1. The number of aromatic nitrogens is 2. The van der Waals surface area contributed by atoms with E-state index in [0.717, 1.165) is 19.4 Å². The number of methoxy groups -OCH3 is 1. The van der Waals surface area contributed by atoms with E-state index in [1.807, 2.05) is 11.5 Å². The summed E-state index contributed by atoms with van der Waals surface area (Å²) in [6.07, 6.45) is 2.25. The van der Waals surface area contributed by atoms with Gasteiger partial charge in [0.15, 0.2) is 5.69 Å². The molecule has 94 valence electrons. The Hall–Kier alpha value is -1.56. The van der Waals surface area contributed by atoms with Crippen molar-refractivity contribution in [2.24, 2.45) is 0 Å². The Balaban J connectivity index is 2.21. The summed E-state index contributed by atoms with van der Waals surface area (Å²) in [5.74, 6) is 0.556. The van der Waals surface area contributed by atoms with E-state index < -0.39 is 5.97 Å². The second-order valence-electron chi connectivity index (χ2n) is 4.13. The van der Waals surface area contributed by atoms with Gasteiger partial charge in [0, 0.05) is 6.61 Å². The Morgan fingerprint density at radius 2 is 2.47 bits per heavy atom. The van der Waals surface area contributed by atoms with Crippen LogP contribution in [0, 0.1) is 6.92 Å². The standard InChI is InChI=1S/C11H17N3O3/c1-7-13-9(11(15)16-2)10(12)14(7)6-8-4-3-5-17-8/h8H,3-6,12H2,1-2H3. The molecule has 0 bridgehead atoms. The first kappa shape index (κ1) is 11.9. The molecule has 2 heterocycles. The van der Waals surface area contributed by atoms with Gasteiger partial charge in [-0.2, -0.15) is 0 Å². The third-order valence-electron chi connectivity index (χ3n) is 2.99. The largest absolute Gasteiger partial charge is 0.464 e. The predicted octanol–water partition coefficient (Wildman–Crippen LogP) is 0.739. The minimum atomic E-state index is -0.503. The van der Waals surface area contributed by atoms with Gasteiger partial charge in [0.1, 0.15) is 11.6 Å². The van der Waals surface area contributed by atoms with Crippen LogP contribution in [0.25, 0.3) is 0 Å². The lowest BCUT2D eigenvalue weighted by molar-refractivity contribution is 0.0595. The van der Waals surface area contributed by atoms with Crippen LogP contribution in [0.3, 0.4) is 0 Å². The molecule has 6 heteroatoms. The lowest BCUT2D eigenvalue weighted by Crippen LogP contribution is -2.18. The molecule has 1 aromatic rings. The molecule has 0 amide bonds. The summed E-state index contributed by atoms with van der Waals surface area (Å²) in [6.45, 7) is 3.25. The zero-order valence-corrected chi connectivity index (χ0v) is 10.1. The van der Waals surface area contributed by atoms with E-state index in [9.17, 15) is 4.79 Å². The molecule has 1 aliphatic rings. The average molecular weight is 239 g/mol. The monoisotopic (exact) mass is 239 g/mol. The predicted molar refractivity (Wildman–Crippen MR) is 61.7 cm³/mol. The van der Waals surface area contributed by atoms with E-state index in [0.29, 0.717) is 18.2 Å². The number of aryl methyl sites for hydroxylation is 1. The molecular formula is C11H17N3O3. The molecule has 0 aromatic carbocycles. The van der Waals surface area contributed by atoms with Gasteiger partial charge in [-0.15, -0.1) is 0 Å². The smallest absolute Gasteiger partial charge is 0.360 e. The third-order valence-corrected chi connectivity index (χ3v) is 2.99. The Kier molecular flexibility index (Phi) is 3.33. The molecule has 0 radical (unpaired) electrons. The number of carbonyl (C=O) groups excluding carboxylic acids is 1. The van der Waals surface area contributed by atoms with Crippen LogP contribution < -0.4 is 5.73 Å². The van der Waals surface area contributed by atoms with Crippen molar-refractivity contribution in [1.82, 2.24) is 9.55 Å². The molecule has 1 atom stereocenters. The number of nitrogen functional groups attached to an aromatic ring is 1. The van der Waals surface area contributed by atoms with Gasteiger partial charge in [0.25, 0.3) is 0 Å². The molecule has 0 saturated carbocycles. The first-order chi connectivity index (χ1) is 8.13. The maximum absolute atomic E-state index is 11.4. The molecule has 17 heavy (non-hydrogen) atoms. The Morgan fingerprint density at radius 1 is 1.71 bits per heavy atom. The highest BCUT2D eigenvalue weighted by molar-refractivity contribution is 5.92. The second-order valence-corrected chi connectivity index (χ2v) is 4.13. The van der Waals surface area contributed by atoms with Crippen molar-refractivity contribution in [3.8, 4) is 0 Å². The number of rotatable bonds is 3. The van der Waals surface area contributed by atoms with Crippen LogP contribution in [-0.4, -0.2) is 35.3 Å². The summed E-state index contributed by atoms with van der Waals surface area (Å²) in [5, 5.41) is 0. The maximum atomic E-state index is 11.4. The van der Waals surface area contributed by atoms with Crippen LogP contribution in [0.15, 0.2) is 0 Å². The van der Waals surface area contributed by atoms with Crippen molar-refractivity contribution in [1.29, 1.82) is 0 Å². The number of nitrogens with zero attached hydrogens (tertiary/aromatic N) is 2. The lowest BCUT2D eigenvalue weighted by atomic mass is 10.2. The zero-order chi connectivity index (χ0) is 12.4. The number of ether oxygens (including phenoxy) is 2.